The molecule has 2 bridgehead atoms. The Kier molecular flexibility index (Phi) is 2.21. The van der Waals surface area contributed by atoms with Crippen LogP contribution in [0.3, 0.4) is 0 Å². The third kappa shape index (κ3) is 1.21. The van der Waals surface area contributed by atoms with Crippen LogP contribution in [0.25, 0.3) is 0 Å². The molecule has 0 amide bonds. The Bertz CT molecular complexity index is 273. The molecule has 2 aliphatic rings. The zero-order valence-corrected chi connectivity index (χ0v) is 8.10. The van der Waals surface area contributed by atoms with Gasteiger partial charge in [0.05, 0.1) is 18.9 Å². The monoisotopic (exact) mass is 198 g/mol. The maximum atomic E-state index is 11.4. The molecule has 2 rings (SSSR count). The number of carbonyl (C=O) groups is 2. The molecule has 0 aromatic heterocycles. The van der Waals surface area contributed by atoms with Gasteiger partial charge >= 0.3 is 11.9 Å². The van der Waals surface area contributed by atoms with Crippen LogP contribution in [0.1, 0.15) is 19.3 Å². The van der Waals surface area contributed by atoms with E-state index in [1.54, 1.807) is 0 Å². The number of ether oxygens (including phenoxy) is 1. The van der Waals surface area contributed by atoms with E-state index in [1.165, 1.54) is 7.11 Å². The van der Waals surface area contributed by atoms with E-state index in [0.29, 0.717) is 0 Å². The van der Waals surface area contributed by atoms with Gasteiger partial charge in [-0.05, 0) is 31.1 Å². The molecule has 2 saturated carbocycles. The SMILES string of the molecule is COC(=O)[C@@H]1C2CC[C@@H](C2)[C@@H]1C(=O)O. The van der Waals surface area contributed by atoms with Crippen LogP contribution >= 0.6 is 0 Å². The summed E-state index contributed by atoms with van der Waals surface area (Å²) in [4.78, 5) is 22.4. The summed E-state index contributed by atoms with van der Waals surface area (Å²) in [5, 5.41) is 9.04. The zero-order valence-electron chi connectivity index (χ0n) is 8.10. The molecule has 0 heterocycles. The van der Waals surface area contributed by atoms with Crippen LogP contribution in [0, 0.1) is 23.7 Å². The van der Waals surface area contributed by atoms with Gasteiger partial charge in [0.1, 0.15) is 0 Å². The second-order valence-electron chi connectivity index (χ2n) is 4.25. The van der Waals surface area contributed by atoms with Crippen molar-refractivity contribution in [2.45, 2.75) is 19.3 Å². The van der Waals surface area contributed by atoms with Gasteiger partial charge in [0.2, 0.25) is 0 Å². The summed E-state index contributed by atoms with van der Waals surface area (Å²) in [6, 6.07) is 0. The maximum Gasteiger partial charge on any atom is 0.309 e. The Morgan fingerprint density at radius 1 is 1.21 bits per heavy atom. The van der Waals surface area contributed by atoms with Gasteiger partial charge in [-0.25, -0.2) is 0 Å². The number of methoxy groups -OCH3 is 1. The van der Waals surface area contributed by atoms with Crippen molar-refractivity contribution in [3.8, 4) is 0 Å². The lowest BCUT2D eigenvalue weighted by Crippen LogP contribution is -2.35. The number of carboxylic acids is 1. The Morgan fingerprint density at radius 3 is 2.29 bits per heavy atom. The number of rotatable bonds is 2. The molecular formula is C10H14O4. The van der Waals surface area contributed by atoms with Gasteiger partial charge in [-0.3, -0.25) is 9.59 Å². The van der Waals surface area contributed by atoms with Crippen molar-refractivity contribution in [3.63, 3.8) is 0 Å². The minimum atomic E-state index is -0.840. The van der Waals surface area contributed by atoms with E-state index in [1.807, 2.05) is 0 Å². The van der Waals surface area contributed by atoms with E-state index in [2.05, 4.69) is 4.74 Å². The highest BCUT2D eigenvalue weighted by Crippen LogP contribution is 2.52. The van der Waals surface area contributed by atoms with E-state index in [9.17, 15) is 9.59 Å². The third-order valence-electron chi connectivity index (χ3n) is 3.67. The van der Waals surface area contributed by atoms with Crippen molar-refractivity contribution >= 4 is 11.9 Å². The summed E-state index contributed by atoms with van der Waals surface area (Å²) in [5.74, 6) is -1.63. The highest BCUT2D eigenvalue weighted by Gasteiger charge is 2.54. The molecule has 0 spiro atoms. The molecule has 0 aromatic rings. The van der Waals surface area contributed by atoms with Crippen LogP contribution < -0.4 is 0 Å². The maximum absolute atomic E-state index is 11.4. The minimum absolute atomic E-state index is 0.196. The van der Waals surface area contributed by atoms with Crippen molar-refractivity contribution in [2.24, 2.45) is 23.7 Å². The molecule has 4 nitrogen and oxygen atoms in total. The first-order valence-electron chi connectivity index (χ1n) is 4.95. The summed E-state index contributed by atoms with van der Waals surface area (Å²) in [6.45, 7) is 0. The van der Waals surface area contributed by atoms with Crippen molar-refractivity contribution in [3.05, 3.63) is 0 Å². The third-order valence-corrected chi connectivity index (χ3v) is 3.67. The molecule has 4 atom stereocenters. The number of hydrogen-bond acceptors (Lipinski definition) is 3. The average Bonchev–Trinajstić information content (AvgIpc) is 2.74. The quantitative estimate of drug-likeness (QED) is 0.670. The van der Waals surface area contributed by atoms with Crippen LogP contribution in [0.2, 0.25) is 0 Å². The Hall–Kier alpha value is -1.06. The van der Waals surface area contributed by atoms with E-state index in [0.717, 1.165) is 19.3 Å². The van der Waals surface area contributed by atoms with E-state index < -0.39 is 17.8 Å². The fraction of sp³-hybridized carbons (Fsp3) is 0.800. The topological polar surface area (TPSA) is 63.6 Å². The second-order valence-corrected chi connectivity index (χ2v) is 4.25. The first-order chi connectivity index (χ1) is 6.65. The number of aliphatic carboxylic acids is 1. The summed E-state index contributed by atoms with van der Waals surface area (Å²) < 4.78 is 4.66. The predicted molar refractivity (Wildman–Crippen MR) is 47.5 cm³/mol. The van der Waals surface area contributed by atoms with Crippen molar-refractivity contribution in [1.82, 2.24) is 0 Å². The smallest absolute Gasteiger partial charge is 0.309 e. The van der Waals surface area contributed by atoms with Gasteiger partial charge in [-0.1, -0.05) is 0 Å². The molecule has 0 aromatic carbocycles. The highest BCUT2D eigenvalue weighted by atomic mass is 16.5. The average molecular weight is 198 g/mol. The lowest BCUT2D eigenvalue weighted by Gasteiger charge is -2.25. The zero-order chi connectivity index (χ0) is 10.3. The number of carboxylic acid groups (broad SMARTS) is 1. The lowest BCUT2D eigenvalue weighted by atomic mass is 9.79. The number of hydrogen-bond donors (Lipinski definition) is 1. The standard InChI is InChI=1S/C10H14O4/c1-14-10(13)8-6-3-2-5(4-6)7(8)9(11)12/h5-8H,2-4H2,1H3,(H,11,12)/t5-,6?,7-,8+/m0/s1. The summed E-state index contributed by atoms with van der Waals surface area (Å²) >= 11 is 0. The molecule has 1 unspecified atom stereocenters. The molecule has 0 radical (unpaired) electrons. The van der Waals surface area contributed by atoms with Crippen molar-refractivity contribution in [1.29, 1.82) is 0 Å². The molecule has 78 valence electrons. The largest absolute Gasteiger partial charge is 0.481 e. The molecule has 1 N–H and O–H groups in total. The molecule has 0 saturated heterocycles. The van der Waals surface area contributed by atoms with Crippen molar-refractivity contribution in [2.75, 3.05) is 7.11 Å². The molecule has 2 fully saturated rings. The Balaban J connectivity index is 2.21. The Labute approximate surface area is 82.2 Å². The lowest BCUT2D eigenvalue weighted by molar-refractivity contribution is -0.158. The molecule has 4 heteroatoms. The van der Waals surface area contributed by atoms with E-state index >= 15 is 0 Å². The summed E-state index contributed by atoms with van der Waals surface area (Å²) in [7, 11) is 1.33. The van der Waals surface area contributed by atoms with Gasteiger partial charge in [-0.15, -0.1) is 0 Å². The Morgan fingerprint density at radius 2 is 1.79 bits per heavy atom. The fourth-order valence-electron chi connectivity index (χ4n) is 3.12. The molecule has 14 heavy (non-hydrogen) atoms. The number of carbonyl (C=O) groups excluding carboxylic acids is 1. The number of fused-ring (bicyclic) bond motifs is 2. The highest BCUT2D eigenvalue weighted by molar-refractivity contribution is 5.82. The van der Waals surface area contributed by atoms with E-state index in [-0.39, 0.29) is 17.8 Å². The molecular weight excluding hydrogens is 184 g/mol. The number of esters is 1. The minimum Gasteiger partial charge on any atom is -0.481 e. The van der Waals surface area contributed by atoms with Gasteiger partial charge in [0.25, 0.3) is 0 Å². The van der Waals surface area contributed by atoms with E-state index in [4.69, 9.17) is 5.11 Å². The molecule has 0 aliphatic heterocycles. The molecule has 2 aliphatic carbocycles. The fourth-order valence-corrected chi connectivity index (χ4v) is 3.12. The van der Waals surface area contributed by atoms with Crippen LogP contribution in [0.15, 0.2) is 0 Å². The summed E-state index contributed by atoms with van der Waals surface area (Å²) in [6.07, 6.45) is 2.82. The first kappa shape index (κ1) is 9.49. The van der Waals surface area contributed by atoms with Crippen molar-refractivity contribution < 1.29 is 19.4 Å². The van der Waals surface area contributed by atoms with Gasteiger partial charge in [-0.2, -0.15) is 0 Å². The van der Waals surface area contributed by atoms with Crippen LogP contribution in [-0.4, -0.2) is 24.2 Å². The normalized spacial score (nSPS) is 39.8. The first-order valence-corrected chi connectivity index (χ1v) is 4.95. The van der Waals surface area contributed by atoms with Crippen LogP contribution in [0.4, 0.5) is 0 Å². The van der Waals surface area contributed by atoms with Crippen LogP contribution in [-0.2, 0) is 14.3 Å². The predicted octanol–water partition coefficient (Wildman–Crippen LogP) is 0.906. The second kappa shape index (κ2) is 3.26. The van der Waals surface area contributed by atoms with Gasteiger partial charge in [0, 0.05) is 0 Å². The van der Waals surface area contributed by atoms with Crippen LogP contribution in [0.5, 0.6) is 0 Å². The summed E-state index contributed by atoms with van der Waals surface area (Å²) in [5.41, 5.74) is 0. The van der Waals surface area contributed by atoms with Gasteiger partial charge in [0.15, 0.2) is 0 Å². The van der Waals surface area contributed by atoms with Gasteiger partial charge < -0.3 is 9.84 Å².